The van der Waals surface area contributed by atoms with Crippen LogP contribution >= 0.6 is 0 Å². The van der Waals surface area contributed by atoms with Crippen molar-refractivity contribution >= 4 is 11.9 Å². The number of carbonyl (C=O) groups is 2. The van der Waals surface area contributed by atoms with E-state index in [1.54, 1.807) is 0 Å². The van der Waals surface area contributed by atoms with Crippen molar-refractivity contribution in [3.63, 3.8) is 0 Å². The van der Waals surface area contributed by atoms with Gasteiger partial charge in [-0.25, -0.2) is 4.79 Å². The SMILES string of the molecule is C=CC(=O)OCCCO.CCCCCCCCCCCC(=O)O. The maximum atomic E-state index is 10.3. The average molecular weight is 330 g/mol. The van der Waals surface area contributed by atoms with Gasteiger partial charge in [-0.2, -0.15) is 0 Å². The van der Waals surface area contributed by atoms with Crippen molar-refractivity contribution in [2.24, 2.45) is 0 Å². The van der Waals surface area contributed by atoms with Crippen molar-refractivity contribution in [1.82, 2.24) is 0 Å². The standard InChI is InChI=1S/C12H24O2.C6H10O3/c1-2-3-4-5-6-7-8-9-10-11-12(13)14;1-2-6(8)9-5-3-4-7/h2-11H2,1H3,(H,13,14);2,7H,1,3-5H2. The van der Waals surface area contributed by atoms with Crippen LogP contribution in [0.25, 0.3) is 0 Å². The van der Waals surface area contributed by atoms with E-state index in [-0.39, 0.29) is 13.2 Å². The number of carboxylic acid groups (broad SMARTS) is 1. The number of rotatable bonds is 14. The van der Waals surface area contributed by atoms with Crippen LogP contribution in [0.5, 0.6) is 0 Å². The van der Waals surface area contributed by atoms with E-state index in [2.05, 4.69) is 18.2 Å². The van der Waals surface area contributed by atoms with Gasteiger partial charge in [0.25, 0.3) is 0 Å². The highest BCUT2D eigenvalue weighted by Gasteiger charge is 1.96. The molecule has 0 aromatic carbocycles. The molecule has 0 fully saturated rings. The van der Waals surface area contributed by atoms with E-state index < -0.39 is 11.9 Å². The summed E-state index contributed by atoms with van der Waals surface area (Å²) in [5, 5.41) is 16.6. The summed E-state index contributed by atoms with van der Waals surface area (Å²) < 4.78 is 4.51. The van der Waals surface area contributed by atoms with E-state index in [0.717, 1.165) is 18.9 Å². The molecule has 2 N–H and O–H groups in total. The molecule has 0 saturated carbocycles. The Morgan fingerprint density at radius 3 is 1.91 bits per heavy atom. The molecule has 0 aromatic rings. The van der Waals surface area contributed by atoms with Gasteiger partial charge < -0.3 is 14.9 Å². The average Bonchev–Trinajstić information content (AvgIpc) is 2.53. The number of esters is 1. The molecule has 0 heterocycles. The number of aliphatic carboxylic acids is 1. The first kappa shape index (κ1) is 23.9. The molecule has 0 aliphatic heterocycles. The van der Waals surface area contributed by atoms with Crippen LogP contribution < -0.4 is 0 Å². The van der Waals surface area contributed by atoms with Crippen molar-refractivity contribution in [2.45, 2.75) is 77.6 Å². The fourth-order valence-corrected chi connectivity index (χ4v) is 1.88. The van der Waals surface area contributed by atoms with Crippen molar-refractivity contribution in [1.29, 1.82) is 0 Å². The second kappa shape index (κ2) is 20.6. The lowest BCUT2D eigenvalue weighted by molar-refractivity contribution is -0.138. The minimum Gasteiger partial charge on any atom is -0.481 e. The van der Waals surface area contributed by atoms with Crippen LogP contribution in [0.2, 0.25) is 0 Å². The van der Waals surface area contributed by atoms with Gasteiger partial charge in [-0.1, -0.05) is 64.9 Å². The van der Waals surface area contributed by atoms with E-state index in [9.17, 15) is 9.59 Å². The molecule has 0 unspecified atom stereocenters. The zero-order valence-corrected chi connectivity index (χ0v) is 14.6. The van der Waals surface area contributed by atoms with Gasteiger partial charge in [-0.3, -0.25) is 4.79 Å². The first-order chi connectivity index (χ1) is 11.1. The molecule has 0 bridgehead atoms. The molecule has 0 saturated heterocycles. The Labute approximate surface area is 140 Å². The van der Waals surface area contributed by atoms with E-state index in [1.165, 1.54) is 44.9 Å². The van der Waals surface area contributed by atoms with Gasteiger partial charge in [0.1, 0.15) is 0 Å². The monoisotopic (exact) mass is 330 g/mol. The fraction of sp³-hybridized carbons (Fsp3) is 0.778. The van der Waals surface area contributed by atoms with Gasteiger partial charge in [0.2, 0.25) is 0 Å². The quantitative estimate of drug-likeness (QED) is 0.285. The third-order valence-electron chi connectivity index (χ3n) is 3.21. The number of aliphatic hydroxyl groups excluding tert-OH is 1. The number of unbranched alkanes of at least 4 members (excludes halogenated alkanes) is 8. The largest absolute Gasteiger partial charge is 0.481 e. The Morgan fingerprint density at radius 1 is 0.957 bits per heavy atom. The second-order valence-corrected chi connectivity index (χ2v) is 5.42. The molecule has 5 nitrogen and oxygen atoms in total. The lowest BCUT2D eigenvalue weighted by Crippen LogP contribution is -2.02. The van der Waals surface area contributed by atoms with Crippen LogP contribution in [0, 0.1) is 0 Å². The maximum absolute atomic E-state index is 10.3. The van der Waals surface area contributed by atoms with Crippen LogP contribution in [0.4, 0.5) is 0 Å². The highest BCUT2D eigenvalue weighted by atomic mass is 16.5. The van der Waals surface area contributed by atoms with E-state index in [0.29, 0.717) is 12.8 Å². The molecule has 0 radical (unpaired) electrons. The lowest BCUT2D eigenvalue weighted by atomic mass is 10.1. The molecule has 0 rings (SSSR count). The van der Waals surface area contributed by atoms with Crippen molar-refractivity contribution in [3.05, 3.63) is 12.7 Å². The number of carbonyl (C=O) groups excluding carboxylic acids is 1. The Bertz CT molecular complexity index is 289. The number of ether oxygens (including phenoxy) is 1. The predicted octanol–water partition coefficient (Wildman–Crippen LogP) is 4.09. The van der Waals surface area contributed by atoms with Crippen molar-refractivity contribution in [3.8, 4) is 0 Å². The summed E-state index contributed by atoms with van der Waals surface area (Å²) in [6.45, 7) is 5.74. The third-order valence-corrected chi connectivity index (χ3v) is 3.21. The Morgan fingerprint density at radius 2 is 1.48 bits per heavy atom. The number of aliphatic hydroxyl groups is 1. The smallest absolute Gasteiger partial charge is 0.330 e. The number of carboxylic acids is 1. The van der Waals surface area contributed by atoms with Crippen LogP contribution in [-0.4, -0.2) is 35.4 Å². The Kier molecular flexibility index (Phi) is 21.4. The highest BCUT2D eigenvalue weighted by molar-refractivity contribution is 5.81. The molecule has 0 aromatic heterocycles. The van der Waals surface area contributed by atoms with Gasteiger partial charge >= 0.3 is 11.9 Å². The van der Waals surface area contributed by atoms with Gasteiger partial charge in [0, 0.05) is 25.5 Å². The molecular weight excluding hydrogens is 296 g/mol. The molecule has 23 heavy (non-hydrogen) atoms. The van der Waals surface area contributed by atoms with Crippen LogP contribution in [0.1, 0.15) is 77.6 Å². The van der Waals surface area contributed by atoms with Gasteiger partial charge in [-0.15, -0.1) is 0 Å². The molecule has 0 aliphatic carbocycles. The minimum absolute atomic E-state index is 0.0461. The summed E-state index contributed by atoms with van der Waals surface area (Å²) in [6, 6.07) is 0. The maximum Gasteiger partial charge on any atom is 0.330 e. The van der Waals surface area contributed by atoms with E-state index in [4.69, 9.17) is 10.2 Å². The Balaban J connectivity index is 0. The molecule has 0 aliphatic rings. The van der Waals surface area contributed by atoms with Crippen molar-refractivity contribution in [2.75, 3.05) is 13.2 Å². The Hall–Kier alpha value is -1.36. The zero-order valence-electron chi connectivity index (χ0n) is 14.6. The van der Waals surface area contributed by atoms with Crippen LogP contribution in [0.3, 0.4) is 0 Å². The first-order valence-electron chi connectivity index (χ1n) is 8.70. The summed E-state index contributed by atoms with van der Waals surface area (Å²) in [6.07, 6.45) is 13.1. The number of hydrogen-bond acceptors (Lipinski definition) is 4. The van der Waals surface area contributed by atoms with Gasteiger partial charge in [-0.05, 0) is 6.42 Å². The summed E-state index contributed by atoms with van der Waals surface area (Å²) >= 11 is 0. The molecule has 5 heteroatoms. The highest BCUT2D eigenvalue weighted by Crippen LogP contribution is 2.10. The van der Waals surface area contributed by atoms with E-state index >= 15 is 0 Å². The first-order valence-corrected chi connectivity index (χ1v) is 8.70. The summed E-state index contributed by atoms with van der Waals surface area (Å²) in [5.74, 6) is -1.10. The van der Waals surface area contributed by atoms with Gasteiger partial charge in [0.05, 0.1) is 6.61 Å². The molecule has 0 spiro atoms. The number of hydrogen-bond donors (Lipinski definition) is 2. The zero-order chi connectivity index (χ0) is 17.8. The molecule has 0 amide bonds. The molecule has 136 valence electrons. The van der Waals surface area contributed by atoms with Crippen LogP contribution in [0.15, 0.2) is 12.7 Å². The topological polar surface area (TPSA) is 83.8 Å². The normalized spacial score (nSPS) is 9.65. The lowest BCUT2D eigenvalue weighted by Gasteiger charge is -2.00. The third kappa shape index (κ3) is 25.9. The fourth-order valence-electron chi connectivity index (χ4n) is 1.88. The van der Waals surface area contributed by atoms with Crippen molar-refractivity contribution < 1.29 is 24.5 Å². The second-order valence-electron chi connectivity index (χ2n) is 5.42. The van der Waals surface area contributed by atoms with E-state index in [1.807, 2.05) is 0 Å². The predicted molar refractivity (Wildman–Crippen MR) is 92.3 cm³/mol. The minimum atomic E-state index is -0.659. The molecule has 0 atom stereocenters. The summed E-state index contributed by atoms with van der Waals surface area (Å²) in [5.41, 5.74) is 0. The van der Waals surface area contributed by atoms with Gasteiger partial charge in [0.15, 0.2) is 0 Å². The van der Waals surface area contributed by atoms with Crippen LogP contribution in [-0.2, 0) is 14.3 Å². The summed E-state index contributed by atoms with van der Waals surface area (Å²) in [7, 11) is 0. The summed E-state index contributed by atoms with van der Waals surface area (Å²) in [4.78, 5) is 20.5. The molecular formula is C18H34O5.